The van der Waals surface area contributed by atoms with Crippen LogP contribution in [0.15, 0.2) is 41.4 Å². The molecule has 2 heterocycles. The highest BCUT2D eigenvalue weighted by Gasteiger charge is 2.59. The minimum atomic E-state index is -5.37. The van der Waals surface area contributed by atoms with Crippen LogP contribution in [0.1, 0.15) is 34.5 Å². The van der Waals surface area contributed by atoms with Crippen molar-refractivity contribution < 1.29 is 39.5 Å². The molecule has 3 nitrogen and oxygen atoms in total. The van der Waals surface area contributed by atoms with E-state index in [0.29, 0.717) is 13.0 Å². The first-order chi connectivity index (χ1) is 14.7. The fraction of sp³-hybridized carbons (Fsp3) is 0.400. The highest BCUT2D eigenvalue weighted by Crippen LogP contribution is 2.49. The molecule has 1 unspecified atom stereocenters. The Balaban J connectivity index is 2.09. The number of nitrogens with two attached hydrogens (primary N) is 1. The standard InChI is InChI=1S/C20H16F9N3/c21-18(22,23)15-7-13(8-16(32-15)19(24,25)26)17(20(27,28)29)9-14(31-10-17)12-3-1-11(2-4-12)5-6-30/h1-4,7-8H,5-6,9-10,30H2. The molecule has 1 aliphatic rings. The third kappa shape index (κ3) is 4.59. The Labute approximate surface area is 176 Å². The van der Waals surface area contributed by atoms with Crippen LogP contribution < -0.4 is 5.73 Å². The van der Waals surface area contributed by atoms with Gasteiger partial charge in [0.25, 0.3) is 0 Å². The Morgan fingerprint density at radius 2 is 1.38 bits per heavy atom. The summed E-state index contributed by atoms with van der Waals surface area (Å²) in [5.74, 6) is 0. The summed E-state index contributed by atoms with van der Waals surface area (Å²) in [6.07, 6.45) is -16.3. The van der Waals surface area contributed by atoms with Crippen molar-refractivity contribution in [2.45, 2.75) is 36.8 Å². The SMILES string of the molecule is NCCc1ccc(C2=NCC(c3cc(C(F)(F)F)nc(C(F)(F)F)c3)(C(F)(F)F)C2)cc1. The Bertz CT molecular complexity index is 973. The van der Waals surface area contributed by atoms with Gasteiger partial charge in [0, 0.05) is 12.1 Å². The van der Waals surface area contributed by atoms with E-state index in [4.69, 9.17) is 5.73 Å². The summed E-state index contributed by atoms with van der Waals surface area (Å²) in [5, 5.41) is 0. The number of hydrogen-bond acceptors (Lipinski definition) is 3. The number of rotatable bonds is 4. The van der Waals surface area contributed by atoms with Crippen LogP contribution in [-0.4, -0.2) is 30.0 Å². The molecule has 0 spiro atoms. The van der Waals surface area contributed by atoms with Gasteiger partial charge in [-0.2, -0.15) is 39.5 Å². The van der Waals surface area contributed by atoms with Gasteiger partial charge in [-0.25, -0.2) is 4.98 Å². The van der Waals surface area contributed by atoms with E-state index in [9.17, 15) is 39.5 Å². The van der Waals surface area contributed by atoms with Crippen LogP contribution in [0.3, 0.4) is 0 Å². The maximum atomic E-state index is 14.1. The predicted molar refractivity (Wildman–Crippen MR) is 97.2 cm³/mol. The Morgan fingerprint density at radius 1 is 0.844 bits per heavy atom. The van der Waals surface area contributed by atoms with Crippen molar-refractivity contribution in [1.82, 2.24) is 4.98 Å². The molecule has 0 amide bonds. The first kappa shape index (κ1) is 24.0. The van der Waals surface area contributed by atoms with Crippen LogP contribution in [-0.2, 0) is 24.2 Å². The fourth-order valence-electron chi connectivity index (χ4n) is 3.50. The van der Waals surface area contributed by atoms with Gasteiger partial charge in [-0.1, -0.05) is 24.3 Å². The zero-order valence-corrected chi connectivity index (χ0v) is 16.2. The summed E-state index contributed by atoms with van der Waals surface area (Å²) in [6.45, 7) is -0.697. The smallest absolute Gasteiger partial charge is 0.330 e. The van der Waals surface area contributed by atoms with E-state index in [1.807, 2.05) is 0 Å². The van der Waals surface area contributed by atoms with Crippen LogP contribution in [0.5, 0.6) is 0 Å². The Kier molecular flexibility index (Phi) is 6.05. The molecule has 0 radical (unpaired) electrons. The van der Waals surface area contributed by atoms with Crippen LogP contribution >= 0.6 is 0 Å². The van der Waals surface area contributed by atoms with E-state index in [2.05, 4.69) is 9.98 Å². The van der Waals surface area contributed by atoms with Crippen LogP contribution in [0.2, 0.25) is 0 Å². The lowest BCUT2D eigenvalue weighted by atomic mass is 9.76. The molecule has 0 bridgehead atoms. The first-order valence-electron chi connectivity index (χ1n) is 9.24. The molecule has 1 aromatic carbocycles. The first-order valence-corrected chi connectivity index (χ1v) is 9.24. The number of alkyl halides is 9. The van der Waals surface area contributed by atoms with Crippen molar-refractivity contribution in [2.75, 3.05) is 13.1 Å². The number of hydrogen-bond donors (Lipinski definition) is 1. The lowest BCUT2D eigenvalue weighted by Gasteiger charge is -2.32. The molecular formula is C20H16F9N3. The van der Waals surface area contributed by atoms with E-state index in [-0.39, 0.29) is 23.4 Å². The zero-order chi connectivity index (χ0) is 23.9. The predicted octanol–water partition coefficient (Wildman–Crippen LogP) is 5.31. The molecule has 1 aromatic heterocycles. The van der Waals surface area contributed by atoms with E-state index in [1.54, 1.807) is 12.1 Å². The second-order valence-electron chi connectivity index (χ2n) is 7.38. The van der Waals surface area contributed by atoms with Gasteiger partial charge in [0.15, 0.2) is 0 Å². The molecule has 0 fully saturated rings. The molecule has 0 aliphatic carbocycles. The summed E-state index contributed by atoms with van der Waals surface area (Å²) in [5.41, 5.74) is -1.86. The fourth-order valence-corrected chi connectivity index (χ4v) is 3.50. The number of halogens is 9. The van der Waals surface area contributed by atoms with E-state index in [0.717, 1.165) is 5.56 Å². The Morgan fingerprint density at radius 3 is 1.81 bits per heavy atom. The van der Waals surface area contributed by atoms with Crippen molar-refractivity contribution in [3.8, 4) is 0 Å². The van der Waals surface area contributed by atoms with Gasteiger partial charge in [0.2, 0.25) is 0 Å². The summed E-state index contributed by atoms with van der Waals surface area (Å²) in [7, 11) is 0. The molecule has 2 N–H and O–H groups in total. The van der Waals surface area contributed by atoms with Gasteiger partial charge in [0.1, 0.15) is 16.8 Å². The van der Waals surface area contributed by atoms with Crippen molar-refractivity contribution in [3.05, 3.63) is 64.5 Å². The van der Waals surface area contributed by atoms with Crippen LogP contribution in [0.4, 0.5) is 39.5 Å². The number of nitrogens with zero attached hydrogens (tertiary/aromatic N) is 2. The third-order valence-corrected chi connectivity index (χ3v) is 5.23. The molecule has 174 valence electrons. The molecule has 12 heteroatoms. The zero-order valence-electron chi connectivity index (χ0n) is 16.2. The van der Waals surface area contributed by atoms with E-state index >= 15 is 0 Å². The molecule has 0 saturated heterocycles. The average Bonchev–Trinajstić information content (AvgIpc) is 3.14. The maximum absolute atomic E-state index is 14.1. The van der Waals surface area contributed by atoms with E-state index in [1.165, 1.54) is 12.1 Å². The molecule has 3 rings (SSSR count). The summed E-state index contributed by atoms with van der Waals surface area (Å²) in [6, 6.07) is 6.26. The second kappa shape index (κ2) is 8.05. The maximum Gasteiger partial charge on any atom is 0.433 e. The minimum Gasteiger partial charge on any atom is -0.330 e. The number of benzene rings is 1. The Hall–Kier alpha value is -2.63. The molecule has 32 heavy (non-hydrogen) atoms. The third-order valence-electron chi connectivity index (χ3n) is 5.23. The molecular weight excluding hydrogens is 453 g/mol. The molecule has 1 atom stereocenters. The second-order valence-corrected chi connectivity index (χ2v) is 7.38. The number of aliphatic imine (C=N–C) groups is 1. The van der Waals surface area contributed by atoms with Crippen molar-refractivity contribution in [3.63, 3.8) is 0 Å². The van der Waals surface area contributed by atoms with Crippen LogP contribution in [0.25, 0.3) is 0 Å². The van der Waals surface area contributed by atoms with Crippen molar-refractivity contribution in [2.24, 2.45) is 10.7 Å². The number of pyridine rings is 1. The molecule has 1 aliphatic heterocycles. The number of aromatic nitrogens is 1. The monoisotopic (exact) mass is 469 g/mol. The van der Waals surface area contributed by atoms with Gasteiger partial charge in [-0.15, -0.1) is 0 Å². The summed E-state index contributed by atoms with van der Waals surface area (Å²) < 4.78 is 121. The van der Waals surface area contributed by atoms with Crippen molar-refractivity contribution >= 4 is 5.71 Å². The van der Waals surface area contributed by atoms with Crippen molar-refractivity contribution in [1.29, 1.82) is 0 Å². The van der Waals surface area contributed by atoms with E-state index < -0.39 is 53.9 Å². The van der Waals surface area contributed by atoms with Gasteiger partial charge >= 0.3 is 18.5 Å². The summed E-state index contributed by atoms with van der Waals surface area (Å²) >= 11 is 0. The normalized spacial score (nSPS) is 19.9. The summed E-state index contributed by atoms with van der Waals surface area (Å²) in [4.78, 5) is 6.35. The molecule has 0 saturated carbocycles. The van der Waals surface area contributed by atoms with Gasteiger partial charge in [-0.3, -0.25) is 4.99 Å². The van der Waals surface area contributed by atoms with Gasteiger partial charge in [0.05, 0.1) is 6.54 Å². The highest BCUT2D eigenvalue weighted by molar-refractivity contribution is 6.03. The lowest BCUT2D eigenvalue weighted by Crippen LogP contribution is -2.44. The topological polar surface area (TPSA) is 51.3 Å². The molecule has 2 aromatic rings. The quantitative estimate of drug-likeness (QED) is 0.617. The van der Waals surface area contributed by atoms with Gasteiger partial charge in [-0.05, 0) is 41.8 Å². The lowest BCUT2D eigenvalue weighted by molar-refractivity contribution is -0.185. The average molecular weight is 469 g/mol. The minimum absolute atomic E-state index is 0.0194. The highest BCUT2D eigenvalue weighted by atomic mass is 19.4. The largest absolute Gasteiger partial charge is 0.433 e. The van der Waals surface area contributed by atoms with Gasteiger partial charge < -0.3 is 5.73 Å². The van der Waals surface area contributed by atoms with Crippen LogP contribution in [0, 0.1) is 0 Å².